The smallest absolute Gasteiger partial charge is 0.0292 e. The second-order valence-corrected chi connectivity index (χ2v) is 6.09. The maximum Gasteiger partial charge on any atom is -0.0292 e. The highest BCUT2D eigenvalue weighted by atomic mass is 14.5. The van der Waals surface area contributed by atoms with E-state index < -0.39 is 0 Å². The number of hydrogen-bond donors (Lipinski definition) is 0. The fraction of sp³-hybridized carbons (Fsp3) is 1.00. The molecule has 3 aliphatic rings. The Morgan fingerprint density at radius 1 is 0.462 bits per heavy atom. The lowest BCUT2D eigenvalue weighted by atomic mass is 9.77. The lowest BCUT2D eigenvalue weighted by Crippen LogP contribution is -2.16. The lowest BCUT2D eigenvalue weighted by molar-refractivity contribution is 0.232. The Morgan fingerprint density at radius 3 is 1.23 bits per heavy atom. The fourth-order valence-electron chi connectivity index (χ4n) is 4.61. The molecule has 0 heterocycles. The molecule has 13 heavy (non-hydrogen) atoms. The van der Waals surface area contributed by atoms with Crippen molar-refractivity contribution in [2.75, 3.05) is 0 Å². The van der Waals surface area contributed by atoms with Crippen LogP contribution in [0.15, 0.2) is 0 Å². The molecule has 0 aromatic heterocycles. The van der Waals surface area contributed by atoms with Crippen molar-refractivity contribution in [3.63, 3.8) is 0 Å². The summed E-state index contributed by atoms with van der Waals surface area (Å²) in [6.45, 7) is 0. The Balaban J connectivity index is 1.76. The third kappa shape index (κ3) is 1.25. The highest BCUT2D eigenvalue weighted by molar-refractivity contribution is 5.01. The van der Waals surface area contributed by atoms with Crippen molar-refractivity contribution in [2.24, 2.45) is 10.8 Å². The Bertz CT molecular complexity index is 170. The van der Waals surface area contributed by atoms with Crippen LogP contribution in [0.1, 0.15) is 70.6 Å². The molecule has 3 fully saturated rings. The first-order valence-electron chi connectivity index (χ1n) is 6.33. The van der Waals surface area contributed by atoms with Crippen LogP contribution in [-0.2, 0) is 0 Å². The predicted molar refractivity (Wildman–Crippen MR) is 55.7 cm³/mol. The maximum atomic E-state index is 1.62. The van der Waals surface area contributed by atoms with Gasteiger partial charge < -0.3 is 0 Å². The van der Waals surface area contributed by atoms with Crippen molar-refractivity contribution in [3.8, 4) is 0 Å². The van der Waals surface area contributed by atoms with E-state index >= 15 is 0 Å². The summed E-state index contributed by atoms with van der Waals surface area (Å²) in [5.74, 6) is 0. The van der Waals surface area contributed by atoms with E-state index in [0.29, 0.717) is 0 Å². The van der Waals surface area contributed by atoms with Gasteiger partial charge in [0.2, 0.25) is 0 Å². The molecule has 3 aliphatic carbocycles. The zero-order valence-electron chi connectivity index (χ0n) is 8.78. The molecule has 0 aromatic carbocycles. The molecule has 0 nitrogen and oxygen atoms in total. The molecule has 0 radical (unpaired) electrons. The molecule has 0 heteroatoms. The third-order valence-corrected chi connectivity index (χ3v) is 5.26. The minimum absolute atomic E-state index is 0.865. The van der Waals surface area contributed by atoms with Gasteiger partial charge in [-0.1, -0.05) is 25.7 Å². The minimum Gasteiger partial charge on any atom is -0.0528 e. The zero-order chi connectivity index (χ0) is 8.78. The third-order valence-electron chi connectivity index (χ3n) is 5.26. The fourth-order valence-corrected chi connectivity index (χ4v) is 4.61. The molecular formula is C13H22. The van der Waals surface area contributed by atoms with Crippen molar-refractivity contribution in [1.29, 1.82) is 0 Å². The van der Waals surface area contributed by atoms with E-state index in [-0.39, 0.29) is 0 Å². The van der Waals surface area contributed by atoms with Crippen molar-refractivity contribution in [2.45, 2.75) is 70.6 Å². The van der Waals surface area contributed by atoms with Gasteiger partial charge in [-0.25, -0.2) is 0 Å². The molecule has 0 bridgehead atoms. The molecule has 0 N–H and O–H groups in total. The summed E-state index contributed by atoms with van der Waals surface area (Å²) in [4.78, 5) is 0. The van der Waals surface area contributed by atoms with Crippen LogP contribution in [0.4, 0.5) is 0 Å². The van der Waals surface area contributed by atoms with E-state index in [2.05, 4.69) is 0 Å². The van der Waals surface area contributed by atoms with Crippen LogP contribution in [0.3, 0.4) is 0 Å². The van der Waals surface area contributed by atoms with Crippen molar-refractivity contribution >= 4 is 0 Å². The SMILES string of the molecule is C1CCC2(C1)CCC1(CCCC1)C2. The van der Waals surface area contributed by atoms with Gasteiger partial charge in [0.05, 0.1) is 0 Å². The standard InChI is InChI=1S/C13H22/c1-2-6-12(5-1)9-10-13(11-12)7-3-4-8-13/h1-11H2. The van der Waals surface area contributed by atoms with Gasteiger partial charge in [-0.3, -0.25) is 0 Å². The Kier molecular flexibility index (Phi) is 1.76. The van der Waals surface area contributed by atoms with Crippen LogP contribution in [0.5, 0.6) is 0 Å². The van der Waals surface area contributed by atoms with Crippen LogP contribution in [0, 0.1) is 10.8 Å². The second-order valence-electron chi connectivity index (χ2n) is 6.09. The van der Waals surface area contributed by atoms with Crippen molar-refractivity contribution in [1.82, 2.24) is 0 Å². The van der Waals surface area contributed by atoms with E-state index in [9.17, 15) is 0 Å². The van der Waals surface area contributed by atoms with Crippen molar-refractivity contribution < 1.29 is 0 Å². The first kappa shape index (κ1) is 8.32. The van der Waals surface area contributed by atoms with E-state index in [4.69, 9.17) is 0 Å². The van der Waals surface area contributed by atoms with Gasteiger partial charge in [-0.05, 0) is 55.8 Å². The second kappa shape index (κ2) is 2.74. The van der Waals surface area contributed by atoms with E-state index in [1.54, 1.807) is 44.9 Å². The predicted octanol–water partition coefficient (Wildman–Crippen LogP) is 4.29. The molecule has 0 amide bonds. The van der Waals surface area contributed by atoms with Gasteiger partial charge in [0.1, 0.15) is 0 Å². The molecule has 3 rings (SSSR count). The minimum atomic E-state index is 0.865. The van der Waals surface area contributed by atoms with E-state index in [1.807, 2.05) is 0 Å². The monoisotopic (exact) mass is 178 g/mol. The van der Waals surface area contributed by atoms with Gasteiger partial charge >= 0.3 is 0 Å². The average molecular weight is 178 g/mol. The summed E-state index contributed by atoms with van der Waals surface area (Å²) < 4.78 is 0. The average Bonchev–Trinajstić information content (AvgIpc) is 2.81. The van der Waals surface area contributed by atoms with Crippen LogP contribution in [0.2, 0.25) is 0 Å². The van der Waals surface area contributed by atoms with Gasteiger partial charge in [0, 0.05) is 0 Å². The lowest BCUT2D eigenvalue weighted by Gasteiger charge is -2.27. The molecule has 3 saturated carbocycles. The molecule has 2 spiro atoms. The quantitative estimate of drug-likeness (QED) is 0.519. The Labute approximate surface area is 82.1 Å². The summed E-state index contributed by atoms with van der Waals surface area (Å²) >= 11 is 0. The van der Waals surface area contributed by atoms with E-state index in [0.717, 1.165) is 10.8 Å². The Morgan fingerprint density at radius 2 is 0.846 bits per heavy atom. The first-order chi connectivity index (χ1) is 6.33. The van der Waals surface area contributed by atoms with Crippen LogP contribution in [-0.4, -0.2) is 0 Å². The highest BCUT2D eigenvalue weighted by Gasteiger charge is 2.49. The van der Waals surface area contributed by atoms with Gasteiger partial charge in [0.25, 0.3) is 0 Å². The van der Waals surface area contributed by atoms with Gasteiger partial charge in [0.15, 0.2) is 0 Å². The molecule has 0 aromatic rings. The molecule has 0 aliphatic heterocycles. The summed E-state index contributed by atoms with van der Waals surface area (Å²) in [5.41, 5.74) is 1.73. The van der Waals surface area contributed by atoms with Gasteiger partial charge in [-0.2, -0.15) is 0 Å². The normalized spacial score (nSPS) is 35.1. The molecular weight excluding hydrogens is 156 g/mol. The highest BCUT2D eigenvalue weighted by Crippen LogP contribution is 2.62. The molecule has 0 atom stereocenters. The first-order valence-corrected chi connectivity index (χ1v) is 6.33. The molecule has 0 unspecified atom stereocenters. The largest absolute Gasteiger partial charge is 0.0528 e. The number of rotatable bonds is 0. The molecule has 74 valence electrons. The summed E-state index contributed by atoms with van der Waals surface area (Å²) in [6.07, 6.45) is 17.3. The zero-order valence-corrected chi connectivity index (χ0v) is 8.78. The topological polar surface area (TPSA) is 0 Å². The van der Waals surface area contributed by atoms with Crippen molar-refractivity contribution in [3.05, 3.63) is 0 Å². The Hall–Kier alpha value is 0. The van der Waals surface area contributed by atoms with Crippen LogP contribution in [0.25, 0.3) is 0 Å². The van der Waals surface area contributed by atoms with Gasteiger partial charge in [-0.15, -0.1) is 0 Å². The van der Waals surface area contributed by atoms with E-state index in [1.165, 1.54) is 25.7 Å². The number of hydrogen-bond acceptors (Lipinski definition) is 0. The molecule has 0 saturated heterocycles. The summed E-state index contributed by atoms with van der Waals surface area (Å²) in [7, 11) is 0. The maximum absolute atomic E-state index is 1.62. The van der Waals surface area contributed by atoms with Crippen LogP contribution < -0.4 is 0 Å². The summed E-state index contributed by atoms with van der Waals surface area (Å²) in [6, 6.07) is 0. The van der Waals surface area contributed by atoms with Crippen LogP contribution >= 0.6 is 0 Å². The summed E-state index contributed by atoms with van der Waals surface area (Å²) in [5, 5.41) is 0.